The summed E-state index contributed by atoms with van der Waals surface area (Å²) in [4.78, 5) is 13.6. The van der Waals surface area contributed by atoms with Gasteiger partial charge < -0.3 is 15.1 Å². The number of hydrogen-bond donors (Lipinski definition) is 1. The van der Waals surface area contributed by atoms with Crippen LogP contribution >= 0.6 is 0 Å². The quantitative estimate of drug-likeness (QED) is 0.869. The predicted octanol–water partition coefficient (Wildman–Crippen LogP) is 1.22. The first-order chi connectivity index (χ1) is 8.76. The van der Waals surface area contributed by atoms with Gasteiger partial charge in [-0.2, -0.15) is 0 Å². The zero-order valence-electron chi connectivity index (χ0n) is 11.6. The van der Waals surface area contributed by atoms with Crippen LogP contribution in [0.5, 0.6) is 0 Å². The van der Waals surface area contributed by atoms with E-state index in [0.29, 0.717) is 0 Å². The van der Waals surface area contributed by atoms with Gasteiger partial charge in [-0.15, -0.1) is 0 Å². The summed E-state index contributed by atoms with van der Waals surface area (Å²) in [7, 11) is 4.10. The maximum absolute atomic E-state index is 4.51. The number of nitrogens with one attached hydrogen (secondary N) is 1. The Hall–Kier alpha value is -1.36. The summed E-state index contributed by atoms with van der Waals surface area (Å²) in [5, 5.41) is 3.18. The lowest BCUT2D eigenvalue weighted by atomic mass is 10.1. The average molecular weight is 249 g/mol. The van der Waals surface area contributed by atoms with E-state index in [2.05, 4.69) is 39.1 Å². The Bertz CT molecular complexity index is 385. The molecule has 0 atom stereocenters. The molecule has 1 N–H and O–H groups in total. The van der Waals surface area contributed by atoms with Crippen LogP contribution in [0.3, 0.4) is 0 Å². The Morgan fingerprint density at radius 3 is 2.56 bits per heavy atom. The van der Waals surface area contributed by atoms with Gasteiger partial charge in [0.25, 0.3) is 0 Å². The van der Waals surface area contributed by atoms with Crippen LogP contribution in [0, 0.1) is 0 Å². The second kappa shape index (κ2) is 6.00. The van der Waals surface area contributed by atoms with Crippen molar-refractivity contribution in [2.75, 3.05) is 50.5 Å². The third-order valence-corrected chi connectivity index (χ3v) is 3.46. The highest BCUT2D eigenvalue weighted by Gasteiger charge is 2.19. The molecule has 0 amide bonds. The summed E-state index contributed by atoms with van der Waals surface area (Å²) in [6.45, 7) is 6.50. The molecule has 1 aliphatic rings. The van der Waals surface area contributed by atoms with Gasteiger partial charge in [-0.3, -0.25) is 0 Å². The third-order valence-electron chi connectivity index (χ3n) is 3.46. The largest absolute Gasteiger partial charge is 0.373 e. The summed E-state index contributed by atoms with van der Waals surface area (Å²) in [6.07, 6.45) is 3.81. The summed E-state index contributed by atoms with van der Waals surface area (Å²) in [6, 6.07) is 0. The van der Waals surface area contributed by atoms with E-state index in [0.717, 1.165) is 50.7 Å². The lowest BCUT2D eigenvalue weighted by Gasteiger charge is -2.34. The molecule has 0 aromatic carbocycles. The van der Waals surface area contributed by atoms with E-state index in [4.69, 9.17) is 0 Å². The van der Waals surface area contributed by atoms with Crippen molar-refractivity contribution in [3.05, 3.63) is 11.9 Å². The van der Waals surface area contributed by atoms with Crippen LogP contribution < -0.4 is 10.2 Å². The molecule has 0 unspecified atom stereocenters. The molecule has 100 valence electrons. The first kappa shape index (κ1) is 13.1. The average Bonchev–Trinajstić information content (AvgIpc) is 2.40. The number of likely N-dealkylation sites (N-methyl/N-ethyl adjacent to an activating group) is 1. The van der Waals surface area contributed by atoms with E-state index in [1.807, 2.05) is 7.05 Å². The van der Waals surface area contributed by atoms with Crippen molar-refractivity contribution in [2.45, 2.75) is 19.8 Å². The fourth-order valence-corrected chi connectivity index (χ4v) is 2.39. The van der Waals surface area contributed by atoms with Crippen molar-refractivity contribution in [2.24, 2.45) is 0 Å². The molecular formula is C13H23N5. The molecule has 0 aliphatic carbocycles. The number of hydrogen-bond acceptors (Lipinski definition) is 5. The Morgan fingerprint density at radius 1 is 1.22 bits per heavy atom. The van der Waals surface area contributed by atoms with Gasteiger partial charge in [0.05, 0.1) is 0 Å². The monoisotopic (exact) mass is 249 g/mol. The number of aromatic nitrogens is 2. The summed E-state index contributed by atoms with van der Waals surface area (Å²) < 4.78 is 0. The smallest absolute Gasteiger partial charge is 0.137 e. The standard InChI is InChI=1S/C13H23N5/c1-4-5-11-12(14-2)15-10-16-13(11)18-8-6-17(3)7-9-18/h10H,4-9H2,1-3H3,(H,14,15,16). The first-order valence-corrected chi connectivity index (χ1v) is 6.71. The zero-order chi connectivity index (χ0) is 13.0. The topological polar surface area (TPSA) is 44.3 Å². The van der Waals surface area contributed by atoms with Gasteiger partial charge in [-0.1, -0.05) is 13.3 Å². The molecule has 2 heterocycles. The van der Waals surface area contributed by atoms with Gasteiger partial charge in [0, 0.05) is 38.8 Å². The van der Waals surface area contributed by atoms with Crippen LogP contribution in [0.15, 0.2) is 6.33 Å². The molecule has 0 bridgehead atoms. The second-order valence-electron chi connectivity index (χ2n) is 4.81. The Morgan fingerprint density at radius 2 is 1.94 bits per heavy atom. The maximum Gasteiger partial charge on any atom is 0.137 e. The number of nitrogens with zero attached hydrogens (tertiary/aromatic N) is 4. The minimum Gasteiger partial charge on any atom is -0.373 e. The van der Waals surface area contributed by atoms with Crippen LogP contribution in [-0.4, -0.2) is 55.1 Å². The zero-order valence-corrected chi connectivity index (χ0v) is 11.6. The van der Waals surface area contributed by atoms with Gasteiger partial charge in [0.15, 0.2) is 0 Å². The van der Waals surface area contributed by atoms with E-state index in [1.54, 1.807) is 6.33 Å². The first-order valence-electron chi connectivity index (χ1n) is 6.71. The van der Waals surface area contributed by atoms with Crippen molar-refractivity contribution in [1.82, 2.24) is 14.9 Å². The predicted molar refractivity (Wildman–Crippen MR) is 75.3 cm³/mol. The Labute approximate surface area is 109 Å². The number of anilines is 2. The Balaban J connectivity index is 2.25. The lowest BCUT2D eigenvalue weighted by molar-refractivity contribution is 0.311. The van der Waals surface area contributed by atoms with E-state index in [-0.39, 0.29) is 0 Å². The van der Waals surface area contributed by atoms with E-state index >= 15 is 0 Å². The van der Waals surface area contributed by atoms with Crippen molar-refractivity contribution in [3.8, 4) is 0 Å². The van der Waals surface area contributed by atoms with E-state index < -0.39 is 0 Å². The van der Waals surface area contributed by atoms with Crippen LogP contribution in [0.25, 0.3) is 0 Å². The molecule has 1 aromatic rings. The highest BCUT2D eigenvalue weighted by atomic mass is 15.3. The molecule has 1 saturated heterocycles. The van der Waals surface area contributed by atoms with Crippen LogP contribution in [0.2, 0.25) is 0 Å². The fourth-order valence-electron chi connectivity index (χ4n) is 2.39. The highest BCUT2D eigenvalue weighted by molar-refractivity contribution is 5.58. The third kappa shape index (κ3) is 2.72. The summed E-state index contributed by atoms with van der Waals surface area (Å²) in [5.41, 5.74) is 1.26. The molecule has 18 heavy (non-hydrogen) atoms. The van der Waals surface area contributed by atoms with Crippen LogP contribution in [0.4, 0.5) is 11.6 Å². The van der Waals surface area contributed by atoms with Crippen molar-refractivity contribution in [3.63, 3.8) is 0 Å². The molecule has 5 heteroatoms. The summed E-state index contributed by atoms with van der Waals surface area (Å²) >= 11 is 0. The number of piperazine rings is 1. The van der Waals surface area contributed by atoms with Crippen molar-refractivity contribution < 1.29 is 0 Å². The van der Waals surface area contributed by atoms with Gasteiger partial charge in [-0.25, -0.2) is 9.97 Å². The maximum atomic E-state index is 4.51. The molecule has 1 aromatic heterocycles. The SMILES string of the molecule is CCCc1c(NC)ncnc1N1CCN(C)CC1. The Kier molecular flexibility index (Phi) is 4.36. The lowest BCUT2D eigenvalue weighted by Crippen LogP contribution is -2.45. The molecule has 0 saturated carbocycles. The number of rotatable bonds is 4. The molecule has 1 fully saturated rings. The molecular weight excluding hydrogens is 226 g/mol. The van der Waals surface area contributed by atoms with Gasteiger partial charge in [0.1, 0.15) is 18.0 Å². The van der Waals surface area contributed by atoms with Crippen LogP contribution in [0.1, 0.15) is 18.9 Å². The minimum absolute atomic E-state index is 0.973. The van der Waals surface area contributed by atoms with E-state index in [9.17, 15) is 0 Å². The molecule has 0 spiro atoms. The van der Waals surface area contributed by atoms with E-state index in [1.165, 1.54) is 5.56 Å². The summed E-state index contributed by atoms with van der Waals surface area (Å²) in [5.74, 6) is 2.09. The van der Waals surface area contributed by atoms with Gasteiger partial charge in [0.2, 0.25) is 0 Å². The van der Waals surface area contributed by atoms with Crippen LogP contribution in [-0.2, 0) is 6.42 Å². The second-order valence-corrected chi connectivity index (χ2v) is 4.81. The normalized spacial score (nSPS) is 16.9. The van der Waals surface area contributed by atoms with Crippen molar-refractivity contribution >= 4 is 11.6 Å². The molecule has 1 aliphatic heterocycles. The fraction of sp³-hybridized carbons (Fsp3) is 0.692. The van der Waals surface area contributed by atoms with Crippen molar-refractivity contribution in [1.29, 1.82) is 0 Å². The molecule has 5 nitrogen and oxygen atoms in total. The molecule has 2 rings (SSSR count). The van der Waals surface area contributed by atoms with Gasteiger partial charge in [-0.05, 0) is 13.5 Å². The van der Waals surface area contributed by atoms with Gasteiger partial charge >= 0.3 is 0 Å². The minimum atomic E-state index is 0.973. The highest BCUT2D eigenvalue weighted by Crippen LogP contribution is 2.25. The molecule has 0 radical (unpaired) electrons.